The van der Waals surface area contributed by atoms with Crippen molar-refractivity contribution in [1.82, 2.24) is 9.47 Å². The van der Waals surface area contributed by atoms with E-state index in [4.69, 9.17) is 9.84 Å². The molecule has 2 rings (SSSR count). The minimum Gasteiger partial charge on any atom is -0.394 e. The number of morpholine rings is 1. The molecule has 1 fully saturated rings. The van der Waals surface area contributed by atoms with Gasteiger partial charge >= 0.3 is 0 Å². The lowest BCUT2D eigenvalue weighted by atomic mass is 10.3. The number of nitrogens with zero attached hydrogens (tertiary/aromatic N) is 2. The maximum atomic E-state index is 11.5. The first-order valence-corrected chi connectivity index (χ1v) is 5.90. The van der Waals surface area contributed by atoms with Crippen LogP contribution in [0.2, 0.25) is 0 Å². The molecule has 0 aromatic carbocycles. The SMILES string of the molecule is O=c1ccccn1CCN1CCOC(CO)C1. The zero-order valence-electron chi connectivity index (χ0n) is 9.79. The van der Waals surface area contributed by atoms with Gasteiger partial charge < -0.3 is 14.4 Å². The third kappa shape index (κ3) is 3.39. The Morgan fingerprint density at radius 2 is 2.29 bits per heavy atom. The smallest absolute Gasteiger partial charge is 0.250 e. The number of rotatable bonds is 4. The lowest BCUT2D eigenvalue weighted by Crippen LogP contribution is -2.45. The van der Waals surface area contributed by atoms with E-state index in [1.807, 2.05) is 6.07 Å². The highest BCUT2D eigenvalue weighted by atomic mass is 16.5. The van der Waals surface area contributed by atoms with Gasteiger partial charge in [0.1, 0.15) is 0 Å². The fraction of sp³-hybridized carbons (Fsp3) is 0.583. The predicted molar refractivity (Wildman–Crippen MR) is 64.0 cm³/mol. The summed E-state index contributed by atoms with van der Waals surface area (Å²) in [7, 11) is 0. The zero-order valence-corrected chi connectivity index (χ0v) is 9.79. The van der Waals surface area contributed by atoms with Crippen molar-refractivity contribution in [1.29, 1.82) is 0 Å². The highest BCUT2D eigenvalue weighted by Crippen LogP contribution is 2.04. The zero-order chi connectivity index (χ0) is 12.1. The van der Waals surface area contributed by atoms with Crippen molar-refractivity contribution in [3.05, 3.63) is 34.7 Å². The summed E-state index contributed by atoms with van der Waals surface area (Å²) in [5.74, 6) is 0. The number of hydrogen-bond donors (Lipinski definition) is 1. The third-order valence-electron chi connectivity index (χ3n) is 2.98. The second-order valence-electron chi connectivity index (χ2n) is 4.21. The lowest BCUT2D eigenvalue weighted by Gasteiger charge is -2.31. The van der Waals surface area contributed by atoms with Crippen LogP contribution in [0.4, 0.5) is 0 Å². The van der Waals surface area contributed by atoms with E-state index in [1.165, 1.54) is 0 Å². The van der Waals surface area contributed by atoms with Gasteiger partial charge in [0.15, 0.2) is 0 Å². The maximum Gasteiger partial charge on any atom is 0.250 e. The van der Waals surface area contributed by atoms with Gasteiger partial charge in [0.25, 0.3) is 5.56 Å². The van der Waals surface area contributed by atoms with Crippen LogP contribution in [0.25, 0.3) is 0 Å². The molecule has 17 heavy (non-hydrogen) atoms. The van der Waals surface area contributed by atoms with E-state index in [2.05, 4.69) is 4.90 Å². The van der Waals surface area contributed by atoms with Crippen LogP contribution in [-0.2, 0) is 11.3 Å². The molecule has 2 heterocycles. The summed E-state index contributed by atoms with van der Waals surface area (Å²) in [5, 5.41) is 9.03. The number of pyridine rings is 1. The number of ether oxygens (including phenoxy) is 1. The molecule has 1 aromatic heterocycles. The average molecular weight is 238 g/mol. The molecule has 1 saturated heterocycles. The Hall–Kier alpha value is -1.17. The van der Waals surface area contributed by atoms with Crippen LogP contribution in [0, 0.1) is 0 Å². The number of aromatic nitrogens is 1. The summed E-state index contributed by atoms with van der Waals surface area (Å²) in [4.78, 5) is 13.7. The summed E-state index contributed by atoms with van der Waals surface area (Å²) >= 11 is 0. The molecule has 94 valence electrons. The number of aliphatic hydroxyl groups is 1. The summed E-state index contributed by atoms with van der Waals surface area (Å²) in [6.45, 7) is 3.79. The molecule has 0 amide bonds. The van der Waals surface area contributed by atoms with Crippen molar-refractivity contribution in [3.63, 3.8) is 0 Å². The molecular formula is C12H18N2O3. The molecule has 1 unspecified atom stereocenters. The Morgan fingerprint density at radius 3 is 3.06 bits per heavy atom. The number of hydrogen-bond acceptors (Lipinski definition) is 4. The first-order chi connectivity index (χ1) is 8.29. The Morgan fingerprint density at radius 1 is 1.41 bits per heavy atom. The summed E-state index contributed by atoms with van der Waals surface area (Å²) < 4.78 is 7.07. The van der Waals surface area contributed by atoms with Crippen LogP contribution in [0.3, 0.4) is 0 Å². The van der Waals surface area contributed by atoms with Gasteiger partial charge in [-0.25, -0.2) is 0 Å². The van der Waals surface area contributed by atoms with E-state index in [9.17, 15) is 4.79 Å². The summed E-state index contributed by atoms with van der Waals surface area (Å²) in [5.41, 5.74) is 0.0273. The van der Waals surface area contributed by atoms with E-state index < -0.39 is 0 Å². The quantitative estimate of drug-likeness (QED) is 0.771. The first kappa shape index (κ1) is 12.3. The molecule has 1 N–H and O–H groups in total. The molecule has 5 nitrogen and oxygen atoms in total. The van der Waals surface area contributed by atoms with Crippen LogP contribution in [-0.4, -0.2) is 53.5 Å². The van der Waals surface area contributed by atoms with E-state index in [0.717, 1.165) is 19.6 Å². The standard InChI is InChI=1S/C12H18N2O3/c15-10-11-9-13(7-8-17-11)5-6-14-4-2-1-3-12(14)16/h1-4,11,15H,5-10H2. The molecule has 0 aliphatic carbocycles. The second kappa shape index (κ2) is 5.95. The Bertz CT molecular complexity index is 405. The van der Waals surface area contributed by atoms with Gasteiger partial charge in [-0.05, 0) is 6.07 Å². The van der Waals surface area contributed by atoms with E-state index >= 15 is 0 Å². The molecule has 5 heteroatoms. The Kier molecular flexibility index (Phi) is 4.30. The van der Waals surface area contributed by atoms with Gasteiger partial charge in [0, 0.05) is 38.4 Å². The molecule has 1 aliphatic rings. The van der Waals surface area contributed by atoms with Crippen molar-refractivity contribution in [2.75, 3.05) is 32.8 Å². The van der Waals surface area contributed by atoms with Gasteiger partial charge in [0.2, 0.25) is 0 Å². The van der Waals surface area contributed by atoms with Crippen LogP contribution in [0.1, 0.15) is 0 Å². The van der Waals surface area contributed by atoms with Crippen molar-refractivity contribution in [3.8, 4) is 0 Å². The van der Waals surface area contributed by atoms with Crippen LogP contribution in [0.5, 0.6) is 0 Å². The fourth-order valence-electron chi connectivity index (χ4n) is 1.99. The number of aliphatic hydroxyl groups excluding tert-OH is 1. The Balaban J connectivity index is 1.86. The van der Waals surface area contributed by atoms with E-state index in [1.54, 1.807) is 22.9 Å². The van der Waals surface area contributed by atoms with Gasteiger partial charge in [-0.3, -0.25) is 9.69 Å². The van der Waals surface area contributed by atoms with Gasteiger partial charge in [-0.15, -0.1) is 0 Å². The van der Waals surface area contributed by atoms with Gasteiger partial charge in [-0.1, -0.05) is 6.07 Å². The average Bonchev–Trinajstić information content (AvgIpc) is 2.38. The third-order valence-corrected chi connectivity index (χ3v) is 2.98. The first-order valence-electron chi connectivity index (χ1n) is 5.90. The molecule has 0 radical (unpaired) electrons. The van der Waals surface area contributed by atoms with Gasteiger partial charge in [0.05, 0.1) is 19.3 Å². The highest BCUT2D eigenvalue weighted by molar-refractivity contribution is 4.93. The van der Waals surface area contributed by atoms with E-state index in [0.29, 0.717) is 13.2 Å². The molecule has 0 saturated carbocycles. The highest BCUT2D eigenvalue weighted by Gasteiger charge is 2.19. The van der Waals surface area contributed by atoms with Crippen molar-refractivity contribution in [2.24, 2.45) is 0 Å². The van der Waals surface area contributed by atoms with Crippen LogP contribution >= 0.6 is 0 Å². The minimum absolute atomic E-state index is 0.0273. The van der Waals surface area contributed by atoms with Crippen molar-refractivity contribution >= 4 is 0 Å². The molecule has 1 aliphatic heterocycles. The van der Waals surface area contributed by atoms with Crippen molar-refractivity contribution in [2.45, 2.75) is 12.6 Å². The summed E-state index contributed by atoms with van der Waals surface area (Å²) in [6, 6.07) is 5.17. The monoisotopic (exact) mass is 238 g/mol. The molecule has 0 spiro atoms. The predicted octanol–water partition coefficient (Wildman–Crippen LogP) is -0.459. The van der Waals surface area contributed by atoms with Crippen LogP contribution < -0.4 is 5.56 Å². The second-order valence-corrected chi connectivity index (χ2v) is 4.21. The van der Waals surface area contributed by atoms with Crippen LogP contribution in [0.15, 0.2) is 29.2 Å². The maximum absolute atomic E-state index is 11.5. The summed E-state index contributed by atoms with van der Waals surface area (Å²) in [6.07, 6.45) is 1.71. The lowest BCUT2D eigenvalue weighted by molar-refractivity contribution is -0.0533. The molecular weight excluding hydrogens is 220 g/mol. The molecule has 1 aromatic rings. The van der Waals surface area contributed by atoms with E-state index in [-0.39, 0.29) is 18.3 Å². The minimum atomic E-state index is -0.0868. The Labute approximate surface area is 100 Å². The normalized spacial score (nSPS) is 21.6. The van der Waals surface area contributed by atoms with Crippen molar-refractivity contribution < 1.29 is 9.84 Å². The topological polar surface area (TPSA) is 54.7 Å². The largest absolute Gasteiger partial charge is 0.394 e. The molecule has 0 bridgehead atoms. The molecule has 1 atom stereocenters. The van der Waals surface area contributed by atoms with Gasteiger partial charge in [-0.2, -0.15) is 0 Å². The fourth-order valence-corrected chi connectivity index (χ4v) is 1.99.